The molecule has 0 aliphatic carbocycles. The number of benzene rings is 2. The van der Waals surface area contributed by atoms with Crippen LogP contribution in [0.1, 0.15) is 10.4 Å². The summed E-state index contributed by atoms with van der Waals surface area (Å²) in [4.78, 5) is 12.0. The van der Waals surface area contributed by atoms with Crippen LogP contribution in [-0.4, -0.2) is 5.91 Å². The number of carbonyl (C=O) groups is 1. The number of halogens is 4. The molecule has 0 atom stereocenters. The maximum atomic E-state index is 13.0. The molecule has 2 rings (SSSR count). The summed E-state index contributed by atoms with van der Waals surface area (Å²) in [6, 6.07) is 8.24. The van der Waals surface area contributed by atoms with Gasteiger partial charge in [0.1, 0.15) is 0 Å². The topological polar surface area (TPSA) is 29.1 Å². The maximum Gasteiger partial charge on any atom is 0.256 e. The third-order valence-electron chi connectivity index (χ3n) is 2.35. The quantitative estimate of drug-likeness (QED) is 0.788. The molecule has 1 N–H and O–H groups in total. The summed E-state index contributed by atoms with van der Waals surface area (Å²) in [6.07, 6.45) is 0. The SMILES string of the molecule is O=C(Nc1ccc(F)c(F)c1)c1ccc(Br)cc1Br. The minimum atomic E-state index is -1.01. The lowest BCUT2D eigenvalue weighted by atomic mass is 10.2. The molecule has 0 fully saturated rings. The standard InChI is InChI=1S/C13H7Br2F2NO/c14-7-1-3-9(10(15)5-7)13(19)18-8-2-4-11(16)12(17)6-8/h1-6H,(H,18,19). The zero-order valence-electron chi connectivity index (χ0n) is 9.38. The average Bonchev–Trinajstić information content (AvgIpc) is 2.33. The molecule has 0 saturated carbocycles. The van der Waals surface area contributed by atoms with Gasteiger partial charge < -0.3 is 5.32 Å². The number of amides is 1. The summed E-state index contributed by atoms with van der Waals surface area (Å²) < 4.78 is 27.2. The van der Waals surface area contributed by atoms with Crippen LogP contribution in [0, 0.1) is 11.6 Å². The van der Waals surface area contributed by atoms with Crippen molar-refractivity contribution in [3.05, 3.63) is 62.5 Å². The van der Waals surface area contributed by atoms with Gasteiger partial charge in [-0.3, -0.25) is 4.79 Å². The van der Waals surface area contributed by atoms with Crippen LogP contribution in [0.3, 0.4) is 0 Å². The van der Waals surface area contributed by atoms with Crippen molar-refractivity contribution in [1.29, 1.82) is 0 Å². The molecule has 98 valence electrons. The molecule has 1 amide bonds. The number of nitrogens with one attached hydrogen (secondary N) is 1. The molecule has 0 aliphatic heterocycles. The van der Waals surface area contributed by atoms with Crippen LogP contribution in [0.4, 0.5) is 14.5 Å². The number of hydrogen-bond acceptors (Lipinski definition) is 1. The maximum absolute atomic E-state index is 13.0. The highest BCUT2D eigenvalue weighted by Gasteiger charge is 2.11. The smallest absolute Gasteiger partial charge is 0.256 e. The van der Waals surface area contributed by atoms with Crippen molar-refractivity contribution in [3.8, 4) is 0 Å². The van der Waals surface area contributed by atoms with E-state index in [1.54, 1.807) is 18.2 Å². The summed E-state index contributed by atoms with van der Waals surface area (Å²) in [6.45, 7) is 0. The lowest BCUT2D eigenvalue weighted by molar-refractivity contribution is 0.102. The monoisotopic (exact) mass is 389 g/mol. The Morgan fingerprint density at radius 3 is 2.37 bits per heavy atom. The van der Waals surface area contributed by atoms with E-state index in [2.05, 4.69) is 37.2 Å². The van der Waals surface area contributed by atoms with Gasteiger partial charge in [0, 0.05) is 20.7 Å². The van der Waals surface area contributed by atoms with Crippen LogP contribution in [0.2, 0.25) is 0 Å². The second kappa shape index (κ2) is 5.79. The second-order valence-electron chi connectivity index (χ2n) is 3.71. The molecule has 0 spiro atoms. The Hall–Kier alpha value is -1.27. The number of hydrogen-bond donors (Lipinski definition) is 1. The summed E-state index contributed by atoms with van der Waals surface area (Å²) in [7, 11) is 0. The van der Waals surface area contributed by atoms with E-state index in [1.165, 1.54) is 6.07 Å². The number of anilines is 1. The van der Waals surface area contributed by atoms with Crippen molar-refractivity contribution >= 4 is 43.5 Å². The second-order valence-corrected chi connectivity index (χ2v) is 5.48. The van der Waals surface area contributed by atoms with E-state index in [0.29, 0.717) is 10.0 Å². The van der Waals surface area contributed by atoms with Crippen LogP contribution in [0.15, 0.2) is 45.3 Å². The van der Waals surface area contributed by atoms with Gasteiger partial charge in [0.15, 0.2) is 11.6 Å². The van der Waals surface area contributed by atoms with Crippen molar-refractivity contribution in [2.45, 2.75) is 0 Å². The highest BCUT2D eigenvalue weighted by molar-refractivity contribution is 9.11. The van der Waals surface area contributed by atoms with Crippen LogP contribution in [0.25, 0.3) is 0 Å². The molecule has 0 heterocycles. The van der Waals surface area contributed by atoms with E-state index in [1.807, 2.05) is 0 Å². The largest absolute Gasteiger partial charge is 0.322 e. The molecule has 0 bridgehead atoms. The lowest BCUT2D eigenvalue weighted by Crippen LogP contribution is -2.12. The first kappa shape index (κ1) is 14.1. The zero-order valence-corrected chi connectivity index (χ0v) is 12.6. The van der Waals surface area contributed by atoms with E-state index >= 15 is 0 Å². The van der Waals surface area contributed by atoms with Crippen LogP contribution < -0.4 is 5.32 Å². The lowest BCUT2D eigenvalue weighted by Gasteiger charge is -2.07. The van der Waals surface area contributed by atoms with Crippen molar-refractivity contribution in [1.82, 2.24) is 0 Å². The summed E-state index contributed by atoms with van der Waals surface area (Å²) in [5.74, 6) is -2.37. The fraction of sp³-hybridized carbons (Fsp3) is 0. The average molecular weight is 391 g/mol. The molecular weight excluding hydrogens is 384 g/mol. The molecule has 6 heteroatoms. The fourth-order valence-electron chi connectivity index (χ4n) is 1.45. The fourth-order valence-corrected chi connectivity index (χ4v) is 2.67. The summed E-state index contributed by atoms with van der Waals surface area (Å²) in [5.41, 5.74) is 0.589. The Bertz CT molecular complexity index is 647. The van der Waals surface area contributed by atoms with E-state index in [-0.39, 0.29) is 5.69 Å². The first-order valence-electron chi connectivity index (χ1n) is 5.19. The third kappa shape index (κ3) is 3.39. The number of rotatable bonds is 2. The number of carbonyl (C=O) groups excluding carboxylic acids is 1. The molecule has 2 aromatic rings. The van der Waals surface area contributed by atoms with Gasteiger partial charge in [-0.15, -0.1) is 0 Å². The molecule has 2 aromatic carbocycles. The van der Waals surface area contributed by atoms with Gasteiger partial charge in [-0.05, 0) is 46.3 Å². The normalized spacial score (nSPS) is 10.3. The molecule has 0 unspecified atom stereocenters. The van der Waals surface area contributed by atoms with Crippen LogP contribution >= 0.6 is 31.9 Å². The molecular formula is C13H7Br2F2NO. The Morgan fingerprint density at radius 2 is 1.74 bits per heavy atom. The highest BCUT2D eigenvalue weighted by atomic mass is 79.9. The molecule has 0 saturated heterocycles. The zero-order chi connectivity index (χ0) is 14.0. The van der Waals surface area contributed by atoms with E-state index in [4.69, 9.17) is 0 Å². The van der Waals surface area contributed by atoms with Gasteiger partial charge in [-0.1, -0.05) is 15.9 Å². The van der Waals surface area contributed by atoms with E-state index in [9.17, 15) is 13.6 Å². The highest BCUT2D eigenvalue weighted by Crippen LogP contribution is 2.23. The van der Waals surface area contributed by atoms with Gasteiger partial charge >= 0.3 is 0 Å². The minimum absolute atomic E-state index is 0.193. The molecule has 19 heavy (non-hydrogen) atoms. The van der Waals surface area contributed by atoms with Crippen LogP contribution in [-0.2, 0) is 0 Å². The Labute approximate surface area is 125 Å². The van der Waals surface area contributed by atoms with Gasteiger partial charge in [-0.2, -0.15) is 0 Å². The van der Waals surface area contributed by atoms with Gasteiger partial charge in [0.2, 0.25) is 0 Å². The predicted molar refractivity (Wildman–Crippen MR) is 76.2 cm³/mol. The molecule has 2 nitrogen and oxygen atoms in total. The van der Waals surface area contributed by atoms with Crippen LogP contribution in [0.5, 0.6) is 0 Å². The van der Waals surface area contributed by atoms with E-state index < -0.39 is 17.5 Å². The van der Waals surface area contributed by atoms with Crippen molar-refractivity contribution in [2.24, 2.45) is 0 Å². The first-order chi connectivity index (χ1) is 8.97. The molecule has 0 radical (unpaired) electrons. The van der Waals surface area contributed by atoms with Gasteiger partial charge in [-0.25, -0.2) is 8.78 Å². The summed E-state index contributed by atoms with van der Waals surface area (Å²) >= 11 is 6.54. The Balaban J connectivity index is 2.23. The Kier molecular flexibility index (Phi) is 4.31. The van der Waals surface area contributed by atoms with Crippen molar-refractivity contribution in [3.63, 3.8) is 0 Å². The minimum Gasteiger partial charge on any atom is -0.322 e. The Morgan fingerprint density at radius 1 is 1.00 bits per heavy atom. The molecule has 0 aromatic heterocycles. The third-order valence-corrected chi connectivity index (χ3v) is 3.50. The summed E-state index contributed by atoms with van der Waals surface area (Å²) in [5, 5.41) is 2.50. The van der Waals surface area contributed by atoms with Gasteiger partial charge in [0.25, 0.3) is 5.91 Å². The molecule has 0 aliphatic rings. The van der Waals surface area contributed by atoms with Crippen molar-refractivity contribution < 1.29 is 13.6 Å². The predicted octanol–water partition coefficient (Wildman–Crippen LogP) is 4.74. The van der Waals surface area contributed by atoms with Crippen molar-refractivity contribution in [2.75, 3.05) is 5.32 Å². The van der Waals surface area contributed by atoms with Gasteiger partial charge in [0.05, 0.1) is 5.56 Å². The van der Waals surface area contributed by atoms with E-state index in [0.717, 1.165) is 16.6 Å². The first-order valence-corrected chi connectivity index (χ1v) is 6.77.